The number of hydrogen-bond donors (Lipinski definition) is 5. The Morgan fingerprint density at radius 2 is 0.904 bits per heavy atom. The van der Waals surface area contributed by atoms with E-state index in [1.165, 1.54) is 44.7 Å². The quantitative estimate of drug-likeness (QED) is 0.0532. The highest BCUT2D eigenvalue weighted by molar-refractivity contribution is 6.74. The molecule has 0 aliphatic heterocycles. The Hall–Kier alpha value is -7.08. The minimum Gasteiger partial charge on any atom is -0.445 e. The molecule has 5 N–H and O–H groups in total. The molecule has 0 aromatic heterocycles. The third kappa shape index (κ3) is 17.6. The first-order valence-electron chi connectivity index (χ1n) is 24.0. The number of ether oxygens (including phenoxy) is 2. The largest absolute Gasteiger partial charge is 0.445 e. The third-order valence-electron chi connectivity index (χ3n) is 12.7. The average Bonchev–Trinajstić information content (AvgIpc) is 3.34. The van der Waals surface area contributed by atoms with Gasteiger partial charge in [-0.05, 0) is 68.1 Å². The zero-order valence-corrected chi connectivity index (χ0v) is 45.6. The van der Waals surface area contributed by atoms with Crippen molar-refractivity contribution < 1.29 is 47.8 Å². The summed E-state index contributed by atoms with van der Waals surface area (Å²) in [7, 11) is 3.79. The summed E-state index contributed by atoms with van der Waals surface area (Å²) in [6.07, 6.45) is 3.12. The van der Waals surface area contributed by atoms with Crippen LogP contribution in [0.4, 0.5) is 19.2 Å². The number of aliphatic hydroxyl groups excluding tert-OH is 1. The van der Waals surface area contributed by atoms with Crippen molar-refractivity contribution in [1.82, 2.24) is 31.1 Å². The molecule has 4 rings (SSSR count). The standard InChI is InChI=1S/C31H45N3O5Si.C25H31N3O5/c1-23(35)31(33-28(36)34(6)7,24(2)39-40(8,9)30(3,4)5)27(21-20-25-16-12-10-13-17-25)32-29(37)38-22-26-18-14-11-15-19-26;1-18(29)25(19(2)30,27-23(31)28(3)4)22(16-15-20-11-7-5-8-12-20)26-24(32)33-17-21-13-9-6-10-14-21/h10-21,24,27H,22H2,1-9H3,(H,32,37)(H,33,36);5-16,18,22,29H,17H2,1-4H3,(H,26,32)(H,27,31)/b21-20+;16-15+/t24-,27+,31-;18-,22+,25+/m00/s1. The van der Waals surface area contributed by atoms with Crippen LogP contribution in [-0.2, 0) is 36.7 Å². The van der Waals surface area contributed by atoms with Crippen LogP contribution in [0.15, 0.2) is 133 Å². The molecular weight excluding hydrogens is 945 g/mol. The van der Waals surface area contributed by atoms with Gasteiger partial charge in [-0.3, -0.25) is 9.59 Å². The number of urea groups is 2. The number of aliphatic hydroxyl groups is 1. The molecule has 0 bridgehead atoms. The Labute approximate surface area is 432 Å². The minimum absolute atomic E-state index is 0.0214. The molecule has 4 aromatic rings. The zero-order chi connectivity index (χ0) is 54.6. The number of alkyl carbamates (subject to hydrolysis) is 2. The Morgan fingerprint density at radius 3 is 1.22 bits per heavy atom. The van der Waals surface area contributed by atoms with Gasteiger partial charge in [0.05, 0.1) is 24.3 Å². The number of ketones is 2. The van der Waals surface area contributed by atoms with Crippen molar-refractivity contribution in [3.05, 3.63) is 156 Å². The maximum atomic E-state index is 13.7. The second kappa shape index (κ2) is 27.7. The molecule has 0 heterocycles. The number of Topliss-reactive ketones (excluding diaryl/α,β-unsaturated/α-hetero) is 2. The molecule has 0 aliphatic carbocycles. The lowest BCUT2D eigenvalue weighted by molar-refractivity contribution is -0.128. The van der Waals surface area contributed by atoms with Crippen molar-refractivity contribution in [1.29, 1.82) is 0 Å². The van der Waals surface area contributed by atoms with Gasteiger partial charge in [0, 0.05) is 28.2 Å². The van der Waals surface area contributed by atoms with Gasteiger partial charge in [0.1, 0.15) is 24.3 Å². The van der Waals surface area contributed by atoms with E-state index in [1.807, 2.05) is 121 Å². The van der Waals surface area contributed by atoms with E-state index in [-0.39, 0.29) is 24.0 Å². The van der Waals surface area contributed by atoms with Crippen molar-refractivity contribution in [2.24, 2.45) is 0 Å². The van der Waals surface area contributed by atoms with Crippen molar-refractivity contribution in [2.75, 3.05) is 28.2 Å². The lowest BCUT2D eigenvalue weighted by Crippen LogP contribution is -2.73. The van der Waals surface area contributed by atoms with Crippen LogP contribution in [0.1, 0.15) is 70.7 Å². The van der Waals surface area contributed by atoms with E-state index in [0.29, 0.717) is 0 Å². The van der Waals surface area contributed by atoms with E-state index in [2.05, 4.69) is 55.1 Å². The van der Waals surface area contributed by atoms with Gasteiger partial charge in [0.25, 0.3) is 0 Å². The Bertz CT molecular complexity index is 2470. The second-order valence-corrected chi connectivity index (χ2v) is 24.4. The van der Waals surface area contributed by atoms with E-state index < -0.39 is 73.7 Å². The van der Waals surface area contributed by atoms with Gasteiger partial charge in [-0.25, -0.2) is 19.2 Å². The number of hydrogen-bond acceptors (Lipinski definition) is 10. The molecule has 0 spiro atoms. The topological polar surface area (TPSA) is 205 Å². The fourth-order valence-corrected chi connectivity index (χ4v) is 8.74. The van der Waals surface area contributed by atoms with Crippen molar-refractivity contribution >= 4 is 56.3 Å². The van der Waals surface area contributed by atoms with Crippen LogP contribution in [0.2, 0.25) is 18.1 Å². The van der Waals surface area contributed by atoms with E-state index in [9.17, 15) is 33.9 Å². The van der Waals surface area contributed by atoms with Crippen LogP contribution in [0, 0.1) is 0 Å². The van der Waals surface area contributed by atoms with E-state index in [4.69, 9.17) is 13.9 Å². The van der Waals surface area contributed by atoms with E-state index in [0.717, 1.165) is 22.3 Å². The highest BCUT2D eigenvalue weighted by atomic mass is 28.4. The van der Waals surface area contributed by atoms with E-state index >= 15 is 0 Å². The molecule has 73 heavy (non-hydrogen) atoms. The summed E-state index contributed by atoms with van der Waals surface area (Å²) in [5, 5.41) is 21.6. The van der Waals surface area contributed by atoms with Gasteiger partial charge in [-0.15, -0.1) is 0 Å². The number of nitrogens with one attached hydrogen (secondary N) is 4. The highest BCUT2D eigenvalue weighted by Crippen LogP contribution is 2.39. The van der Waals surface area contributed by atoms with Gasteiger partial charge >= 0.3 is 24.2 Å². The smallest absolute Gasteiger partial charge is 0.408 e. The summed E-state index contributed by atoms with van der Waals surface area (Å²) in [5.41, 5.74) is -0.197. The maximum absolute atomic E-state index is 13.7. The molecule has 16 nitrogen and oxygen atoms in total. The first kappa shape index (κ1) is 60.2. The molecule has 6 atom stereocenters. The van der Waals surface area contributed by atoms with Gasteiger partial charge in [-0.1, -0.05) is 166 Å². The fourth-order valence-electron chi connectivity index (χ4n) is 7.31. The number of nitrogens with zero attached hydrogens (tertiary/aromatic N) is 2. The number of carbonyl (C=O) groups excluding carboxylic acids is 6. The normalized spacial score (nSPS) is 14.8. The number of rotatable bonds is 20. The maximum Gasteiger partial charge on any atom is 0.408 e. The van der Waals surface area contributed by atoms with Crippen LogP contribution >= 0.6 is 0 Å². The third-order valence-corrected chi connectivity index (χ3v) is 17.3. The molecule has 0 fully saturated rings. The number of benzene rings is 4. The fraction of sp³-hybridized carbons (Fsp3) is 0.393. The summed E-state index contributed by atoms with van der Waals surface area (Å²) in [4.78, 5) is 80.7. The molecule has 0 aliphatic rings. The molecule has 4 aromatic carbocycles. The zero-order valence-electron chi connectivity index (χ0n) is 44.6. The van der Waals surface area contributed by atoms with E-state index in [1.54, 1.807) is 45.3 Å². The van der Waals surface area contributed by atoms with Crippen LogP contribution in [0.5, 0.6) is 0 Å². The first-order chi connectivity index (χ1) is 34.3. The lowest BCUT2D eigenvalue weighted by atomic mass is 9.80. The molecule has 17 heteroatoms. The minimum atomic E-state index is -2.42. The summed E-state index contributed by atoms with van der Waals surface area (Å²) in [5.74, 6) is -0.890. The predicted octanol–water partition coefficient (Wildman–Crippen LogP) is 8.98. The number of carbonyl (C=O) groups is 6. The molecule has 0 saturated heterocycles. The summed E-state index contributed by atoms with van der Waals surface area (Å²) in [6, 6.07) is 34.0. The predicted molar refractivity (Wildman–Crippen MR) is 289 cm³/mol. The first-order valence-corrected chi connectivity index (χ1v) is 26.9. The van der Waals surface area contributed by atoms with Crippen LogP contribution < -0.4 is 21.3 Å². The Balaban J connectivity index is 0.000000392. The summed E-state index contributed by atoms with van der Waals surface area (Å²) in [6.45, 7) is 16.4. The molecule has 0 radical (unpaired) electrons. The van der Waals surface area contributed by atoms with Crippen LogP contribution in [-0.4, -0.2) is 123 Å². The highest BCUT2D eigenvalue weighted by Gasteiger charge is 2.53. The van der Waals surface area contributed by atoms with Crippen LogP contribution in [0.25, 0.3) is 12.2 Å². The SMILES string of the molecule is CC(=O)[C@](NC(=O)N(C)C)([C@H](C)O)[C@@H](/C=C/c1ccccc1)NC(=O)OCc1ccccc1.CC(=O)[C@](NC(=O)N(C)C)([C@H](C)O[Si](C)(C)C(C)(C)C)[C@@H](/C=C/c1ccccc1)NC(=O)OCc1ccccc1. The molecular formula is C56H76N6O10Si. The Morgan fingerprint density at radius 1 is 0.575 bits per heavy atom. The summed E-state index contributed by atoms with van der Waals surface area (Å²) >= 11 is 0. The van der Waals surface area contributed by atoms with Crippen molar-refractivity contribution in [3.63, 3.8) is 0 Å². The van der Waals surface area contributed by atoms with Gasteiger partial charge in [0.15, 0.2) is 19.9 Å². The Kier molecular flexibility index (Phi) is 22.8. The van der Waals surface area contributed by atoms with Gasteiger partial charge < -0.3 is 50.1 Å². The monoisotopic (exact) mass is 1020 g/mol. The second-order valence-electron chi connectivity index (χ2n) is 19.6. The number of amides is 6. The van der Waals surface area contributed by atoms with Gasteiger partial charge in [-0.2, -0.15) is 0 Å². The molecule has 6 amide bonds. The summed E-state index contributed by atoms with van der Waals surface area (Å²) < 4.78 is 17.6. The molecule has 0 unspecified atom stereocenters. The lowest BCUT2D eigenvalue weighted by Gasteiger charge is -2.47. The van der Waals surface area contributed by atoms with Gasteiger partial charge in [0.2, 0.25) is 0 Å². The van der Waals surface area contributed by atoms with Crippen molar-refractivity contribution in [2.45, 2.75) is 115 Å². The average molecular weight is 1020 g/mol. The van der Waals surface area contributed by atoms with Crippen molar-refractivity contribution in [3.8, 4) is 0 Å². The molecule has 0 saturated carbocycles. The molecule has 394 valence electrons. The van der Waals surface area contributed by atoms with Crippen LogP contribution in [0.3, 0.4) is 0 Å².